The van der Waals surface area contributed by atoms with E-state index in [4.69, 9.17) is 0 Å². The molecule has 0 saturated carbocycles. The normalized spacial score (nSPS) is 17.2. The van der Waals surface area contributed by atoms with Gasteiger partial charge in [0.15, 0.2) is 17.4 Å². The summed E-state index contributed by atoms with van der Waals surface area (Å²) >= 11 is 0. The summed E-state index contributed by atoms with van der Waals surface area (Å²) in [5.74, 6) is 1.25. The Morgan fingerprint density at radius 1 is 1.15 bits per heavy atom. The van der Waals surface area contributed by atoms with Crippen LogP contribution in [0.2, 0.25) is 0 Å². The molecule has 2 heterocycles. The molecule has 0 amide bonds. The number of carbonyl (C=O) groups excluding carboxylic acids is 1. The van der Waals surface area contributed by atoms with Crippen LogP contribution in [0, 0.1) is 0 Å². The summed E-state index contributed by atoms with van der Waals surface area (Å²) in [4.78, 5) is 21.3. The molecule has 1 aliphatic rings. The van der Waals surface area contributed by atoms with Gasteiger partial charge in [0.2, 0.25) is 0 Å². The maximum Gasteiger partial charge on any atom is 0.182 e. The van der Waals surface area contributed by atoms with Crippen LogP contribution >= 0.6 is 0 Å². The Labute approximate surface area is 197 Å². The fourth-order valence-electron chi connectivity index (χ4n) is 4.54. The number of fused-ring (bicyclic) bond motifs is 1. The highest BCUT2D eigenvalue weighted by molar-refractivity contribution is 5.97. The molecule has 0 unspecified atom stereocenters. The third kappa shape index (κ3) is 4.45. The Balaban J connectivity index is 1.27. The fourth-order valence-corrected chi connectivity index (χ4v) is 4.54. The number of ketones is 1. The van der Waals surface area contributed by atoms with Crippen LogP contribution in [0.3, 0.4) is 0 Å². The van der Waals surface area contributed by atoms with Crippen molar-refractivity contribution in [3.8, 4) is 11.5 Å². The number of nitrogens with one attached hydrogen (secondary N) is 1. The van der Waals surface area contributed by atoms with Crippen LogP contribution in [0.5, 0.6) is 0 Å². The van der Waals surface area contributed by atoms with Crippen molar-refractivity contribution in [2.45, 2.75) is 37.8 Å². The maximum absolute atomic E-state index is 13.1. The number of hydrogen-bond acceptors (Lipinski definition) is 7. The van der Waals surface area contributed by atoms with Gasteiger partial charge in [-0.1, -0.05) is 36.4 Å². The molecule has 2 aromatic carbocycles. The second kappa shape index (κ2) is 9.52. The highest BCUT2D eigenvalue weighted by Crippen LogP contribution is 2.35. The molecule has 2 aromatic heterocycles. The molecule has 0 saturated heterocycles. The van der Waals surface area contributed by atoms with E-state index in [1.54, 1.807) is 12.3 Å². The third-order valence-electron chi connectivity index (χ3n) is 6.45. The van der Waals surface area contributed by atoms with Gasteiger partial charge in [-0.15, -0.1) is 10.2 Å². The number of aliphatic hydroxyl groups is 1. The van der Waals surface area contributed by atoms with Crippen LogP contribution in [-0.4, -0.2) is 41.7 Å². The van der Waals surface area contributed by atoms with E-state index in [0.29, 0.717) is 30.0 Å². The molecular formula is C26H26N6O2. The van der Waals surface area contributed by atoms with Gasteiger partial charge in [-0.25, -0.2) is 9.97 Å². The molecule has 1 aliphatic carbocycles. The van der Waals surface area contributed by atoms with E-state index in [-0.39, 0.29) is 18.1 Å². The average Bonchev–Trinajstić information content (AvgIpc) is 3.25. The molecule has 0 fully saturated rings. The van der Waals surface area contributed by atoms with Crippen molar-refractivity contribution in [3.05, 3.63) is 89.6 Å². The molecule has 2 atom stereocenters. The van der Waals surface area contributed by atoms with Gasteiger partial charge in [0.25, 0.3) is 0 Å². The monoisotopic (exact) mass is 454 g/mol. The summed E-state index contributed by atoms with van der Waals surface area (Å²) in [7, 11) is 1.89. The van der Waals surface area contributed by atoms with E-state index in [0.717, 1.165) is 23.5 Å². The van der Waals surface area contributed by atoms with Crippen LogP contribution in [0.1, 0.15) is 46.1 Å². The predicted octanol–water partition coefficient (Wildman–Crippen LogP) is 3.55. The number of rotatable bonds is 7. The molecular weight excluding hydrogens is 428 g/mol. The van der Waals surface area contributed by atoms with Gasteiger partial charge in [0.1, 0.15) is 12.0 Å². The van der Waals surface area contributed by atoms with Gasteiger partial charge < -0.3 is 15.0 Å². The van der Waals surface area contributed by atoms with Crippen molar-refractivity contribution >= 4 is 11.5 Å². The SMILES string of the molecule is Cn1c(CNc2cccc(C(=O)C[C@H]3c4ccccc4CC[C@H]3O)c2)nnc1-c1ccncn1. The number of hydrogen-bond donors (Lipinski definition) is 2. The van der Waals surface area contributed by atoms with Gasteiger partial charge in [0, 0.05) is 36.8 Å². The minimum atomic E-state index is -0.500. The first-order chi connectivity index (χ1) is 16.6. The average molecular weight is 455 g/mol. The summed E-state index contributed by atoms with van der Waals surface area (Å²) in [6.07, 6.45) is 4.47. The Bertz CT molecular complexity index is 1300. The summed E-state index contributed by atoms with van der Waals surface area (Å²) in [6, 6.07) is 17.4. The van der Waals surface area contributed by atoms with E-state index < -0.39 is 6.10 Å². The Morgan fingerprint density at radius 3 is 2.88 bits per heavy atom. The number of benzene rings is 2. The van der Waals surface area contributed by atoms with E-state index >= 15 is 0 Å². The molecule has 172 valence electrons. The van der Waals surface area contributed by atoms with Crippen molar-refractivity contribution in [1.29, 1.82) is 0 Å². The lowest BCUT2D eigenvalue weighted by Gasteiger charge is -2.30. The Kier molecular flexibility index (Phi) is 6.14. The molecule has 4 aromatic rings. The minimum absolute atomic E-state index is 0.0223. The van der Waals surface area contributed by atoms with Gasteiger partial charge >= 0.3 is 0 Å². The fraction of sp³-hybridized carbons (Fsp3) is 0.269. The number of aliphatic hydroxyl groups excluding tert-OH is 1. The first-order valence-electron chi connectivity index (χ1n) is 11.4. The van der Waals surface area contributed by atoms with Crippen LogP contribution in [0.4, 0.5) is 5.69 Å². The summed E-state index contributed by atoms with van der Waals surface area (Å²) in [5, 5.41) is 22.4. The van der Waals surface area contributed by atoms with Gasteiger partial charge in [-0.05, 0) is 42.2 Å². The number of carbonyl (C=O) groups is 1. The van der Waals surface area contributed by atoms with Crippen LogP contribution in [-0.2, 0) is 20.0 Å². The standard InChI is InChI=1S/C26H26N6O2/c1-32-25(30-31-26(32)22-11-12-27-16-29-22)15-28-19-7-4-6-18(13-19)24(34)14-21-20-8-3-2-5-17(20)9-10-23(21)33/h2-8,11-13,16,21,23,28,33H,9-10,14-15H2,1H3/t21-,23+/m0/s1. The largest absolute Gasteiger partial charge is 0.392 e. The van der Waals surface area contributed by atoms with E-state index in [1.807, 2.05) is 54.1 Å². The molecule has 2 N–H and O–H groups in total. The summed E-state index contributed by atoms with van der Waals surface area (Å²) < 4.78 is 1.88. The highest BCUT2D eigenvalue weighted by Gasteiger charge is 2.30. The number of nitrogens with zero attached hydrogens (tertiary/aromatic N) is 5. The smallest absolute Gasteiger partial charge is 0.182 e. The van der Waals surface area contributed by atoms with E-state index in [1.165, 1.54) is 11.9 Å². The second-order valence-corrected chi connectivity index (χ2v) is 8.57. The number of Topliss-reactive ketones (excluding diaryl/α,β-unsaturated/α-hetero) is 1. The summed E-state index contributed by atoms with van der Waals surface area (Å²) in [5.41, 5.74) is 4.47. The topological polar surface area (TPSA) is 106 Å². The first-order valence-corrected chi connectivity index (χ1v) is 11.4. The molecule has 0 aliphatic heterocycles. The molecule has 0 spiro atoms. The zero-order chi connectivity index (χ0) is 23.5. The second-order valence-electron chi connectivity index (χ2n) is 8.57. The van der Waals surface area contributed by atoms with Gasteiger partial charge in [-0.3, -0.25) is 4.79 Å². The summed E-state index contributed by atoms with van der Waals surface area (Å²) in [6.45, 7) is 0.445. The molecule has 0 radical (unpaired) electrons. The van der Waals surface area contributed by atoms with Crippen molar-refractivity contribution in [2.75, 3.05) is 5.32 Å². The molecule has 8 heteroatoms. The van der Waals surface area contributed by atoms with Crippen molar-refractivity contribution in [2.24, 2.45) is 7.05 Å². The third-order valence-corrected chi connectivity index (χ3v) is 6.45. The maximum atomic E-state index is 13.1. The van der Waals surface area contributed by atoms with E-state index in [9.17, 15) is 9.90 Å². The zero-order valence-electron chi connectivity index (χ0n) is 18.9. The lowest BCUT2D eigenvalue weighted by molar-refractivity contribution is 0.0873. The highest BCUT2D eigenvalue weighted by atomic mass is 16.3. The van der Waals surface area contributed by atoms with Gasteiger partial charge in [-0.2, -0.15) is 0 Å². The number of anilines is 1. The lowest BCUT2D eigenvalue weighted by atomic mass is 9.77. The van der Waals surface area contributed by atoms with E-state index in [2.05, 4.69) is 31.5 Å². The Hall–Kier alpha value is -3.91. The lowest BCUT2D eigenvalue weighted by Crippen LogP contribution is -2.27. The predicted molar refractivity (Wildman–Crippen MR) is 128 cm³/mol. The quantitative estimate of drug-likeness (QED) is 0.411. The zero-order valence-corrected chi connectivity index (χ0v) is 18.9. The molecule has 8 nitrogen and oxygen atoms in total. The van der Waals surface area contributed by atoms with Crippen molar-refractivity contribution < 1.29 is 9.90 Å². The number of aromatic nitrogens is 5. The molecule has 34 heavy (non-hydrogen) atoms. The Morgan fingerprint density at radius 2 is 2.03 bits per heavy atom. The molecule has 5 rings (SSSR count). The van der Waals surface area contributed by atoms with Gasteiger partial charge in [0.05, 0.1) is 12.6 Å². The minimum Gasteiger partial charge on any atom is -0.392 e. The van der Waals surface area contributed by atoms with Crippen molar-refractivity contribution in [3.63, 3.8) is 0 Å². The van der Waals surface area contributed by atoms with Crippen molar-refractivity contribution in [1.82, 2.24) is 24.7 Å². The van der Waals surface area contributed by atoms with Crippen LogP contribution in [0.25, 0.3) is 11.5 Å². The molecule has 0 bridgehead atoms. The van der Waals surface area contributed by atoms with Crippen LogP contribution in [0.15, 0.2) is 67.1 Å². The first kappa shape index (κ1) is 21.9. The number of aryl methyl sites for hydroxylation is 1. The van der Waals surface area contributed by atoms with Crippen LogP contribution < -0.4 is 5.32 Å².